The van der Waals surface area contributed by atoms with Crippen LogP contribution in [0.5, 0.6) is 0 Å². The molecule has 5 nitrogen and oxygen atoms in total. The predicted molar refractivity (Wildman–Crippen MR) is 66.0 cm³/mol. The zero-order valence-electron chi connectivity index (χ0n) is 10.7. The third-order valence-corrected chi connectivity index (χ3v) is 2.49. The van der Waals surface area contributed by atoms with Gasteiger partial charge < -0.3 is 9.84 Å². The van der Waals surface area contributed by atoms with Gasteiger partial charge in [-0.2, -0.15) is 0 Å². The fourth-order valence-electron chi connectivity index (χ4n) is 1.57. The minimum Gasteiger partial charge on any atom is -0.479 e. The molecule has 7 heteroatoms. The van der Waals surface area contributed by atoms with Crippen molar-refractivity contribution in [3.63, 3.8) is 0 Å². The monoisotopic (exact) mass is 285 g/mol. The van der Waals surface area contributed by atoms with Crippen LogP contribution < -0.4 is 0 Å². The molecule has 0 spiro atoms. The fourth-order valence-corrected chi connectivity index (χ4v) is 1.57. The SMILES string of the molecule is C=CCOC(=O)N(C)C(C(=O)O)c1cc(F)ccc1F. The Labute approximate surface area is 114 Å². The molecule has 0 fully saturated rings. The topological polar surface area (TPSA) is 66.8 Å². The number of nitrogens with zero attached hydrogens (tertiary/aromatic N) is 1. The van der Waals surface area contributed by atoms with Crippen LogP contribution in [0.3, 0.4) is 0 Å². The van der Waals surface area contributed by atoms with Gasteiger partial charge in [0.05, 0.1) is 0 Å². The summed E-state index contributed by atoms with van der Waals surface area (Å²) in [5.74, 6) is -3.24. The third-order valence-electron chi connectivity index (χ3n) is 2.49. The van der Waals surface area contributed by atoms with Crippen LogP contribution in [0.15, 0.2) is 30.9 Å². The number of hydrogen-bond acceptors (Lipinski definition) is 3. The van der Waals surface area contributed by atoms with E-state index >= 15 is 0 Å². The zero-order chi connectivity index (χ0) is 15.3. The Hall–Kier alpha value is -2.44. The molecule has 1 rings (SSSR count). The molecule has 0 saturated heterocycles. The number of halogens is 2. The van der Waals surface area contributed by atoms with Crippen molar-refractivity contribution in [1.82, 2.24) is 4.90 Å². The summed E-state index contributed by atoms with van der Waals surface area (Å²) in [4.78, 5) is 23.5. The van der Waals surface area contributed by atoms with Gasteiger partial charge in [0.15, 0.2) is 6.04 Å². The van der Waals surface area contributed by atoms with Crippen molar-refractivity contribution < 1.29 is 28.2 Å². The number of hydrogen-bond donors (Lipinski definition) is 1. The van der Waals surface area contributed by atoms with Crippen molar-refractivity contribution in [3.8, 4) is 0 Å². The number of ether oxygens (including phenoxy) is 1. The largest absolute Gasteiger partial charge is 0.479 e. The van der Waals surface area contributed by atoms with Crippen molar-refractivity contribution in [1.29, 1.82) is 0 Å². The first kappa shape index (κ1) is 15.6. The van der Waals surface area contributed by atoms with Crippen molar-refractivity contribution in [3.05, 3.63) is 48.1 Å². The Balaban J connectivity index is 3.11. The molecule has 0 radical (unpaired) electrons. The first-order valence-corrected chi connectivity index (χ1v) is 5.56. The van der Waals surface area contributed by atoms with Crippen LogP contribution in [-0.4, -0.2) is 35.7 Å². The number of carboxylic acids is 1. The van der Waals surface area contributed by atoms with Crippen LogP contribution in [0.1, 0.15) is 11.6 Å². The van der Waals surface area contributed by atoms with E-state index in [0.29, 0.717) is 4.90 Å². The van der Waals surface area contributed by atoms with Gasteiger partial charge in [-0.3, -0.25) is 4.90 Å². The maximum absolute atomic E-state index is 13.6. The molecule has 1 unspecified atom stereocenters. The van der Waals surface area contributed by atoms with Crippen molar-refractivity contribution in [2.45, 2.75) is 6.04 Å². The zero-order valence-corrected chi connectivity index (χ0v) is 10.7. The Morgan fingerprint density at radius 3 is 2.70 bits per heavy atom. The molecule has 0 bridgehead atoms. The summed E-state index contributed by atoms with van der Waals surface area (Å²) < 4.78 is 31.4. The lowest BCUT2D eigenvalue weighted by molar-refractivity contribution is -0.142. The third kappa shape index (κ3) is 3.53. The van der Waals surface area contributed by atoms with Gasteiger partial charge >= 0.3 is 12.1 Å². The van der Waals surface area contributed by atoms with E-state index in [1.165, 1.54) is 6.08 Å². The molecule has 20 heavy (non-hydrogen) atoms. The molecule has 0 heterocycles. The summed E-state index contributed by atoms with van der Waals surface area (Å²) in [6, 6.07) is 0.686. The van der Waals surface area contributed by atoms with Crippen LogP contribution in [-0.2, 0) is 9.53 Å². The number of carbonyl (C=O) groups is 2. The van der Waals surface area contributed by atoms with E-state index in [1.54, 1.807) is 0 Å². The molecule has 1 aromatic carbocycles. The van der Waals surface area contributed by atoms with Gasteiger partial charge in [-0.05, 0) is 18.2 Å². The maximum atomic E-state index is 13.6. The summed E-state index contributed by atoms with van der Waals surface area (Å²) in [5.41, 5.74) is -0.462. The molecule has 1 amide bonds. The summed E-state index contributed by atoms with van der Waals surface area (Å²) in [5, 5.41) is 9.13. The highest BCUT2D eigenvalue weighted by atomic mass is 19.1. The van der Waals surface area contributed by atoms with Crippen molar-refractivity contribution in [2.75, 3.05) is 13.7 Å². The van der Waals surface area contributed by atoms with Gasteiger partial charge in [-0.25, -0.2) is 18.4 Å². The molecule has 0 aromatic heterocycles. The highest BCUT2D eigenvalue weighted by Crippen LogP contribution is 2.24. The molecule has 1 aromatic rings. The minimum absolute atomic E-state index is 0.124. The lowest BCUT2D eigenvalue weighted by Crippen LogP contribution is -2.36. The maximum Gasteiger partial charge on any atom is 0.410 e. The fraction of sp³-hybridized carbons (Fsp3) is 0.231. The normalized spacial score (nSPS) is 11.6. The number of carbonyl (C=O) groups excluding carboxylic acids is 1. The first-order valence-electron chi connectivity index (χ1n) is 5.56. The Bertz CT molecular complexity index is 533. The van der Waals surface area contributed by atoms with Gasteiger partial charge in [0.2, 0.25) is 0 Å². The second-order valence-corrected chi connectivity index (χ2v) is 3.88. The van der Waals surface area contributed by atoms with Crippen molar-refractivity contribution in [2.24, 2.45) is 0 Å². The van der Waals surface area contributed by atoms with Crippen LogP contribution in [0, 0.1) is 11.6 Å². The van der Waals surface area contributed by atoms with Crippen LogP contribution >= 0.6 is 0 Å². The summed E-state index contributed by atoms with van der Waals surface area (Å²) in [7, 11) is 1.12. The second-order valence-electron chi connectivity index (χ2n) is 3.88. The lowest BCUT2D eigenvalue weighted by Gasteiger charge is -2.24. The van der Waals surface area contributed by atoms with Crippen LogP contribution in [0.25, 0.3) is 0 Å². The standard InChI is InChI=1S/C13H13F2NO4/c1-3-6-20-13(19)16(2)11(12(17)18)9-7-8(14)4-5-10(9)15/h3-5,7,11H,1,6H2,2H3,(H,17,18). The lowest BCUT2D eigenvalue weighted by atomic mass is 10.1. The van der Waals surface area contributed by atoms with E-state index in [9.17, 15) is 18.4 Å². The van der Waals surface area contributed by atoms with Crippen molar-refractivity contribution >= 4 is 12.1 Å². The Morgan fingerprint density at radius 2 is 2.15 bits per heavy atom. The molecule has 108 valence electrons. The Morgan fingerprint density at radius 1 is 1.50 bits per heavy atom. The number of carboxylic acid groups (broad SMARTS) is 1. The van der Waals surface area contributed by atoms with Gasteiger partial charge in [-0.1, -0.05) is 12.7 Å². The second kappa shape index (κ2) is 6.65. The highest BCUT2D eigenvalue weighted by Gasteiger charge is 2.31. The molecule has 0 saturated carbocycles. The molecular weight excluding hydrogens is 272 g/mol. The van der Waals surface area contributed by atoms with Crippen LogP contribution in [0.2, 0.25) is 0 Å². The molecule has 0 aliphatic carbocycles. The van der Waals surface area contributed by atoms with E-state index in [0.717, 1.165) is 25.2 Å². The smallest absolute Gasteiger partial charge is 0.410 e. The molecule has 1 N–H and O–H groups in total. The number of amides is 1. The number of benzene rings is 1. The predicted octanol–water partition coefficient (Wildman–Crippen LogP) is 2.34. The van der Waals surface area contributed by atoms with Gasteiger partial charge in [0.25, 0.3) is 0 Å². The number of aliphatic carboxylic acids is 1. The molecule has 0 aliphatic heterocycles. The summed E-state index contributed by atoms with van der Waals surface area (Å²) in [6.07, 6.45) is 0.311. The van der Waals surface area contributed by atoms with E-state index in [1.807, 2.05) is 0 Å². The van der Waals surface area contributed by atoms with Crippen LogP contribution in [0.4, 0.5) is 13.6 Å². The highest BCUT2D eigenvalue weighted by molar-refractivity contribution is 5.81. The van der Waals surface area contributed by atoms with E-state index in [-0.39, 0.29) is 6.61 Å². The van der Waals surface area contributed by atoms with E-state index in [4.69, 9.17) is 5.11 Å². The van der Waals surface area contributed by atoms with Gasteiger partial charge in [-0.15, -0.1) is 0 Å². The average Bonchev–Trinajstić information content (AvgIpc) is 2.39. The summed E-state index contributed by atoms with van der Waals surface area (Å²) >= 11 is 0. The van der Waals surface area contributed by atoms with E-state index in [2.05, 4.69) is 11.3 Å². The minimum atomic E-state index is -1.69. The van der Waals surface area contributed by atoms with Gasteiger partial charge in [0, 0.05) is 12.6 Å². The van der Waals surface area contributed by atoms with E-state index < -0.39 is 35.3 Å². The van der Waals surface area contributed by atoms with Gasteiger partial charge in [0.1, 0.15) is 18.2 Å². The number of likely N-dealkylation sites (N-methyl/N-ethyl adjacent to an activating group) is 1. The quantitative estimate of drug-likeness (QED) is 0.843. The molecular formula is C13H13F2NO4. The Kier molecular flexibility index (Phi) is 5.19. The summed E-state index contributed by atoms with van der Waals surface area (Å²) in [6.45, 7) is 3.21. The first-order chi connectivity index (χ1) is 9.38. The average molecular weight is 285 g/mol. The molecule has 0 aliphatic rings. The number of rotatable bonds is 5. The molecule has 1 atom stereocenters.